The van der Waals surface area contributed by atoms with Gasteiger partial charge in [-0.3, -0.25) is 0 Å². The maximum Gasteiger partial charge on any atom is 0.354 e. The Kier molecular flexibility index (Phi) is 5.14. The number of rotatable bonds is 6. The summed E-state index contributed by atoms with van der Waals surface area (Å²) in [5.74, 6) is -0.182. The van der Waals surface area contributed by atoms with Gasteiger partial charge in [-0.05, 0) is 19.1 Å². The zero-order valence-electron chi connectivity index (χ0n) is 8.47. The van der Waals surface area contributed by atoms with Gasteiger partial charge in [-0.25, -0.2) is 9.78 Å². The van der Waals surface area contributed by atoms with Crippen LogP contribution in [0.4, 0.5) is 0 Å². The quantitative estimate of drug-likeness (QED) is 0.594. The molecule has 1 rings (SSSR count). The first-order valence-electron chi connectivity index (χ1n) is 4.64. The van der Waals surface area contributed by atoms with Crippen LogP contribution in [0.1, 0.15) is 17.4 Å². The van der Waals surface area contributed by atoms with E-state index in [1.54, 1.807) is 23.9 Å². The molecule has 1 aromatic rings. The lowest BCUT2D eigenvalue weighted by Gasteiger charge is -2.02. The van der Waals surface area contributed by atoms with Gasteiger partial charge >= 0.3 is 5.97 Å². The summed E-state index contributed by atoms with van der Waals surface area (Å²) in [4.78, 5) is 15.3. The van der Waals surface area contributed by atoms with E-state index in [4.69, 9.17) is 9.84 Å². The number of nitrogens with zero attached hydrogens (tertiary/aromatic N) is 1. The molecule has 0 radical (unpaired) electrons. The van der Waals surface area contributed by atoms with Gasteiger partial charge in [-0.15, -0.1) is 11.8 Å². The van der Waals surface area contributed by atoms with Crippen molar-refractivity contribution in [1.29, 1.82) is 0 Å². The van der Waals surface area contributed by atoms with E-state index < -0.39 is 5.97 Å². The van der Waals surface area contributed by atoms with E-state index in [1.165, 1.54) is 6.20 Å². The van der Waals surface area contributed by atoms with Gasteiger partial charge in [0.2, 0.25) is 0 Å². The van der Waals surface area contributed by atoms with Crippen molar-refractivity contribution in [2.75, 3.05) is 19.0 Å². The second-order valence-electron chi connectivity index (χ2n) is 2.73. The van der Waals surface area contributed by atoms with Crippen molar-refractivity contribution in [2.24, 2.45) is 0 Å². The average molecular weight is 227 g/mol. The van der Waals surface area contributed by atoms with Crippen LogP contribution in [0.3, 0.4) is 0 Å². The zero-order valence-corrected chi connectivity index (χ0v) is 9.29. The van der Waals surface area contributed by atoms with Crippen LogP contribution in [0.25, 0.3) is 0 Å². The summed E-state index contributed by atoms with van der Waals surface area (Å²) < 4.78 is 5.18. The summed E-state index contributed by atoms with van der Waals surface area (Å²) in [7, 11) is 0. The van der Waals surface area contributed by atoms with Crippen LogP contribution in [0.2, 0.25) is 0 Å². The van der Waals surface area contributed by atoms with E-state index in [-0.39, 0.29) is 5.69 Å². The molecule has 0 aliphatic rings. The first-order chi connectivity index (χ1) is 7.24. The highest BCUT2D eigenvalue weighted by molar-refractivity contribution is 7.99. The molecule has 0 unspecified atom stereocenters. The van der Waals surface area contributed by atoms with E-state index in [1.807, 2.05) is 6.92 Å². The number of thioether (sulfide) groups is 1. The number of aromatic carboxylic acids is 1. The predicted molar refractivity (Wildman–Crippen MR) is 58.4 cm³/mol. The lowest BCUT2D eigenvalue weighted by Crippen LogP contribution is -2.00. The molecule has 4 nitrogen and oxygen atoms in total. The van der Waals surface area contributed by atoms with E-state index in [9.17, 15) is 4.79 Å². The van der Waals surface area contributed by atoms with Crippen LogP contribution in [0.15, 0.2) is 23.2 Å². The smallest absolute Gasteiger partial charge is 0.354 e. The number of ether oxygens (including phenoxy) is 1. The van der Waals surface area contributed by atoms with Crippen molar-refractivity contribution in [3.05, 3.63) is 24.0 Å². The van der Waals surface area contributed by atoms with E-state index in [0.29, 0.717) is 13.2 Å². The Labute approximate surface area is 92.7 Å². The highest BCUT2D eigenvalue weighted by atomic mass is 32.2. The monoisotopic (exact) mass is 227 g/mol. The van der Waals surface area contributed by atoms with Crippen molar-refractivity contribution in [1.82, 2.24) is 4.98 Å². The summed E-state index contributed by atoms with van der Waals surface area (Å²) in [6.45, 7) is 3.32. The summed E-state index contributed by atoms with van der Waals surface area (Å²) in [5, 5.41) is 8.72. The third-order valence-corrected chi connectivity index (χ3v) is 2.61. The Hall–Kier alpha value is -1.07. The van der Waals surface area contributed by atoms with Crippen molar-refractivity contribution in [2.45, 2.75) is 11.8 Å². The van der Waals surface area contributed by atoms with Gasteiger partial charge in [0.25, 0.3) is 0 Å². The van der Waals surface area contributed by atoms with Crippen LogP contribution < -0.4 is 0 Å². The minimum Gasteiger partial charge on any atom is -0.477 e. The first-order valence-corrected chi connectivity index (χ1v) is 5.62. The lowest BCUT2D eigenvalue weighted by atomic mass is 10.3. The minimum atomic E-state index is -0.998. The van der Waals surface area contributed by atoms with Crippen LogP contribution >= 0.6 is 11.8 Å². The highest BCUT2D eigenvalue weighted by Crippen LogP contribution is 2.17. The average Bonchev–Trinajstić information content (AvgIpc) is 2.25. The largest absolute Gasteiger partial charge is 0.477 e. The third-order valence-electron chi connectivity index (χ3n) is 1.65. The molecule has 0 aliphatic carbocycles. The number of carboxylic acids is 1. The fraction of sp³-hybridized carbons (Fsp3) is 0.400. The van der Waals surface area contributed by atoms with Gasteiger partial charge in [-0.1, -0.05) is 0 Å². The minimum absolute atomic E-state index is 0.0800. The Morgan fingerprint density at radius 1 is 1.67 bits per heavy atom. The molecule has 0 fully saturated rings. The predicted octanol–water partition coefficient (Wildman–Crippen LogP) is 1.91. The molecule has 0 saturated carbocycles. The Morgan fingerprint density at radius 2 is 2.47 bits per heavy atom. The molecule has 5 heteroatoms. The summed E-state index contributed by atoms with van der Waals surface area (Å²) >= 11 is 1.56. The molecular weight excluding hydrogens is 214 g/mol. The summed E-state index contributed by atoms with van der Waals surface area (Å²) in [6, 6.07) is 3.36. The second-order valence-corrected chi connectivity index (χ2v) is 3.90. The summed E-state index contributed by atoms with van der Waals surface area (Å²) in [6.07, 6.45) is 1.51. The first kappa shape index (κ1) is 12.0. The number of hydrogen-bond acceptors (Lipinski definition) is 4. The van der Waals surface area contributed by atoms with Crippen molar-refractivity contribution in [3.63, 3.8) is 0 Å². The maximum absolute atomic E-state index is 10.6. The topological polar surface area (TPSA) is 59.4 Å². The van der Waals surface area contributed by atoms with Crippen molar-refractivity contribution < 1.29 is 14.6 Å². The van der Waals surface area contributed by atoms with Gasteiger partial charge in [0.15, 0.2) is 0 Å². The number of aromatic nitrogens is 1. The fourth-order valence-corrected chi connectivity index (χ4v) is 1.77. The molecule has 0 aliphatic heterocycles. The van der Waals surface area contributed by atoms with Crippen LogP contribution in [-0.4, -0.2) is 35.0 Å². The van der Waals surface area contributed by atoms with Crippen molar-refractivity contribution >= 4 is 17.7 Å². The lowest BCUT2D eigenvalue weighted by molar-refractivity contribution is 0.0690. The molecule has 1 heterocycles. The molecular formula is C10H13NO3S. The van der Waals surface area contributed by atoms with E-state index >= 15 is 0 Å². The number of carbonyl (C=O) groups is 1. The molecule has 0 aromatic carbocycles. The number of hydrogen-bond donors (Lipinski definition) is 1. The standard InChI is InChI=1S/C10H13NO3S/c1-2-14-5-6-15-8-3-4-11-9(7-8)10(12)13/h3-4,7H,2,5-6H2,1H3,(H,12,13). The van der Waals surface area contributed by atoms with Gasteiger partial charge in [-0.2, -0.15) is 0 Å². The van der Waals surface area contributed by atoms with Crippen molar-refractivity contribution in [3.8, 4) is 0 Å². The van der Waals surface area contributed by atoms with E-state index in [2.05, 4.69) is 4.98 Å². The molecule has 0 spiro atoms. The number of carboxylic acid groups (broad SMARTS) is 1. The van der Waals surface area contributed by atoms with Gasteiger partial charge < -0.3 is 9.84 Å². The summed E-state index contributed by atoms with van der Waals surface area (Å²) in [5.41, 5.74) is 0.0800. The second kappa shape index (κ2) is 6.42. The Bertz CT molecular complexity index is 330. The van der Waals surface area contributed by atoms with Crippen LogP contribution in [-0.2, 0) is 4.74 Å². The zero-order chi connectivity index (χ0) is 11.1. The Balaban J connectivity index is 2.47. The Morgan fingerprint density at radius 3 is 3.13 bits per heavy atom. The molecule has 15 heavy (non-hydrogen) atoms. The third kappa shape index (κ3) is 4.31. The van der Waals surface area contributed by atoms with E-state index in [0.717, 1.165) is 10.6 Å². The maximum atomic E-state index is 10.6. The molecule has 1 N–H and O–H groups in total. The molecule has 1 aromatic heterocycles. The van der Waals surface area contributed by atoms with Gasteiger partial charge in [0.1, 0.15) is 5.69 Å². The van der Waals surface area contributed by atoms with Crippen LogP contribution in [0.5, 0.6) is 0 Å². The fourth-order valence-electron chi connectivity index (χ4n) is 0.981. The molecule has 0 atom stereocenters. The molecule has 82 valence electrons. The molecule has 0 saturated heterocycles. The van der Waals surface area contributed by atoms with Gasteiger partial charge in [0.05, 0.1) is 6.61 Å². The SMILES string of the molecule is CCOCCSc1ccnc(C(=O)O)c1. The molecule has 0 bridgehead atoms. The highest BCUT2D eigenvalue weighted by Gasteiger charge is 2.04. The molecule has 0 amide bonds. The van der Waals surface area contributed by atoms with Crippen LogP contribution in [0, 0.1) is 0 Å². The number of pyridine rings is 1. The normalized spacial score (nSPS) is 10.2. The van der Waals surface area contributed by atoms with Gasteiger partial charge in [0, 0.05) is 23.5 Å².